The van der Waals surface area contributed by atoms with E-state index in [-0.39, 0.29) is 21.6 Å². The Balaban J connectivity index is 1.68. The molecule has 1 heterocycles. The number of ether oxygens (including phenoxy) is 2. The average Bonchev–Trinajstić information content (AvgIpc) is 3.34. The van der Waals surface area contributed by atoms with Crippen LogP contribution in [-0.4, -0.2) is 72.3 Å². The quantitative estimate of drug-likeness (QED) is 0.185. The molecular weight excluding hydrogens is 587 g/mol. The number of hydrazine groups is 1. The monoisotopic (exact) mass is 615 g/mol. The molecule has 0 aliphatic rings. The van der Waals surface area contributed by atoms with Crippen molar-refractivity contribution < 1.29 is 50.7 Å². The Bertz CT molecular complexity index is 1490. The highest BCUT2D eigenvalue weighted by Crippen LogP contribution is 2.33. The Morgan fingerprint density at radius 1 is 1.10 bits per heavy atom. The second kappa shape index (κ2) is 13.3. The van der Waals surface area contributed by atoms with Crippen molar-refractivity contribution in [1.29, 1.82) is 0 Å². The van der Waals surface area contributed by atoms with Crippen molar-refractivity contribution >= 4 is 22.1 Å². The molecule has 228 valence electrons. The number of likely N-dealkylation sites (N-methyl/N-ethyl adjacent to an activating group) is 1. The van der Waals surface area contributed by atoms with Crippen LogP contribution in [0.1, 0.15) is 25.1 Å². The molecule has 0 spiro atoms. The lowest BCUT2D eigenvalue weighted by molar-refractivity contribution is -0.448. The molecule has 0 saturated carbocycles. The van der Waals surface area contributed by atoms with Gasteiger partial charge in [-0.15, -0.1) is 0 Å². The summed E-state index contributed by atoms with van der Waals surface area (Å²) in [5.41, 5.74) is 0.502. The zero-order valence-corrected chi connectivity index (χ0v) is 23.6. The molecule has 1 amide bonds. The van der Waals surface area contributed by atoms with Crippen LogP contribution in [0.4, 0.5) is 18.0 Å². The van der Waals surface area contributed by atoms with E-state index in [1.165, 1.54) is 19.2 Å². The number of rotatable bonds is 11. The van der Waals surface area contributed by atoms with Crippen molar-refractivity contribution in [2.75, 3.05) is 20.4 Å². The second-order valence-corrected chi connectivity index (χ2v) is 10.8. The maximum Gasteiger partial charge on any atom is 0.510 e. The molecule has 3 aromatic rings. The van der Waals surface area contributed by atoms with Crippen molar-refractivity contribution in [3.05, 3.63) is 65.9 Å². The van der Waals surface area contributed by atoms with Gasteiger partial charge in [0, 0.05) is 17.9 Å². The van der Waals surface area contributed by atoms with E-state index in [1.807, 2.05) is 6.92 Å². The molecule has 0 aliphatic heterocycles. The van der Waals surface area contributed by atoms with E-state index in [0.29, 0.717) is 5.56 Å². The Morgan fingerprint density at radius 3 is 2.29 bits per heavy atom. The minimum absolute atomic E-state index is 0.0502. The zero-order valence-electron chi connectivity index (χ0n) is 22.8. The van der Waals surface area contributed by atoms with E-state index < -0.39 is 53.4 Å². The molecule has 1 aromatic heterocycles. The standard InChI is InChI=1S/C25H28F3N5O8S/c1-16(2)41-24(35)39-15-40-33(36)31(4)14-23(34)30-42(37,38)20-11-9-19(10-12-20)32-21(13-22(29-32)25(26,27)28)18-7-5-17(3)6-8-18/h5-13,16,36H,14-15H2,1-4H3,(H,30,34). The average molecular weight is 616 g/mol. The molecule has 0 saturated heterocycles. The van der Waals surface area contributed by atoms with Gasteiger partial charge in [0.1, 0.15) is 0 Å². The van der Waals surface area contributed by atoms with Gasteiger partial charge in [-0.05, 0) is 51.1 Å². The summed E-state index contributed by atoms with van der Waals surface area (Å²) in [6, 6.07) is 12.3. The summed E-state index contributed by atoms with van der Waals surface area (Å²) in [6.45, 7) is 3.52. The van der Waals surface area contributed by atoms with Gasteiger partial charge in [0.2, 0.25) is 12.7 Å². The van der Waals surface area contributed by atoms with E-state index >= 15 is 0 Å². The molecule has 17 heteroatoms. The van der Waals surface area contributed by atoms with E-state index in [0.717, 1.165) is 33.5 Å². The number of carbonyl (C=O) groups is 2. The molecule has 2 N–H and O–H groups in total. The third-order valence-corrected chi connectivity index (χ3v) is 6.72. The number of halogens is 3. The van der Waals surface area contributed by atoms with Crippen molar-refractivity contribution in [3.63, 3.8) is 0 Å². The minimum atomic E-state index is -4.72. The zero-order chi connectivity index (χ0) is 31.2. The molecule has 0 radical (unpaired) electrons. The maximum atomic E-state index is 13.4. The van der Waals surface area contributed by atoms with Crippen LogP contribution in [0, 0.1) is 6.92 Å². The van der Waals surface area contributed by atoms with E-state index in [2.05, 4.69) is 14.7 Å². The third kappa shape index (κ3) is 8.73. The van der Waals surface area contributed by atoms with Crippen LogP contribution < -0.4 is 4.72 Å². The SMILES string of the molecule is Cc1ccc(-c2cc(C(F)(F)F)nn2-c2ccc(S(=O)(=O)NC(=O)CN(C)N(O)OCOC(=O)OC(C)C)cc2)cc1. The second-order valence-electron chi connectivity index (χ2n) is 9.09. The number of sulfonamides is 1. The Labute approximate surface area is 238 Å². The van der Waals surface area contributed by atoms with Crippen molar-refractivity contribution in [2.24, 2.45) is 0 Å². The lowest BCUT2D eigenvalue weighted by atomic mass is 10.1. The van der Waals surface area contributed by atoms with Gasteiger partial charge in [-0.1, -0.05) is 29.8 Å². The number of amides is 1. The van der Waals surface area contributed by atoms with Crippen LogP contribution >= 0.6 is 0 Å². The number of nitrogens with zero attached hydrogens (tertiary/aromatic N) is 4. The number of benzene rings is 2. The first-order valence-electron chi connectivity index (χ1n) is 12.1. The highest BCUT2D eigenvalue weighted by atomic mass is 32.2. The first kappa shape index (κ1) is 32.5. The topological polar surface area (TPSA) is 153 Å². The van der Waals surface area contributed by atoms with E-state index in [9.17, 15) is 36.4 Å². The predicted octanol–water partition coefficient (Wildman–Crippen LogP) is 3.66. The number of alkyl halides is 3. The first-order valence-corrected chi connectivity index (χ1v) is 13.6. The summed E-state index contributed by atoms with van der Waals surface area (Å²) in [5.74, 6) is -1.08. The van der Waals surface area contributed by atoms with E-state index in [1.54, 1.807) is 42.8 Å². The van der Waals surface area contributed by atoms with Crippen molar-refractivity contribution in [3.8, 4) is 16.9 Å². The van der Waals surface area contributed by atoms with Gasteiger partial charge in [0.15, 0.2) is 5.69 Å². The van der Waals surface area contributed by atoms with Crippen LogP contribution in [0.25, 0.3) is 16.9 Å². The molecule has 0 fully saturated rings. The molecule has 42 heavy (non-hydrogen) atoms. The number of aromatic nitrogens is 2. The highest BCUT2D eigenvalue weighted by molar-refractivity contribution is 7.90. The molecule has 3 rings (SSSR count). The summed E-state index contributed by atoms with van der Waals surface area (Å²) in [5, 5.41) is 14.3. The van der Waals surface area contributed by atoms with Gasteiger partial charge < -0.3 is 9.47 Å². The van der Waals surface area contributed by atoms with Crippen LogP contribution in [0.15, 0.2) is 59.5 Å². The van der Waals surface area contributed by atoms with Gasteiger partial charge in [0.25, 0.3) is 10.0 Å². The predicted molar refractivity (Wildman–Crippen MR) is 139 cm³/mol. The summed E-state index contributed by atoms with van der Waals surface area (Å²) >= 11 is 0. The fourth-order valence-corrected chi connectivity index (χ4v) is 4.35. The van der Waals surface area contributed by atoms with Crippen molar-refractivity contribution in [1.82, 2.24) is 24.8 Å². The first-order chi connectivity index (χ1) is 19.6. The van der Waals surface area contributed by atoms with Gasteiger partial charge in [-0.2, -0.15) is 23.3 Å². The number of hydrogen-bond donors (Lipinski definition) is 2. The normalized spacial score (nSPS) is 12.2. The highest BCUT2D eigenvalue weighted by Gasteiger charge is 2.35. The molecule has 13 nitrogen and oxygen atoms in total. The Kier molecular flexibility index (Phi) is 10.3. The molecule has 0 bridgehead atoms. The maximum absolute atomic E-state index is 13.4. The third-order valence-electron chi connectivity index (χ3n) is 5.33. The fraction of sp³-hybridized carbons (Fsp3) is 0.320. The number of carbonyl (C=O) groups excluding carboxylic acids is 2. The molecule has 0 aliphatic carbocycles. The van der Waals surface area contributed by atoms with Gasteiger partial charge in [-0.25, -0.2) is 27.5 Å². The van der Waals surface area contributed by atoms with Gasteiger partial charge >= 0.3 is 12.3 Å². The van der Waals surface area contributed by atoms with Gasteiger partial charge in [-0.3, -0.25) is 10.0 Å². The largest absolute Gasteiger partial charge is 0.510 e. The van der Waals surface area contributed by atoms with Crippen LogP contribution in [0.2, 0.25) is 0 Å². The van der Waals surface area contributed by atoms with Crippen molar-refractivity contribution in [2.45, 2.75) is 37.9 Å². The van der Waals surface area contributed by atoms with Crippen LogP contribution in [0.3, 0.4) is 0 Å². The minimum Gasteiger partial charge on any atom is -0.432 e. The number of aryl methyl sites for hydroxylation is 1. The lowest BCUT2D eigenvalue weighted by Crippen LogP contribution is -2.45. The van der Waals surface area contributed by atoms with Gasteiger partial charge in [0.05, 0.1) is 28.9 Å². The van der Waals surface area contributed by atoms with E-state index in [4.69, 9.17) is 4.74 Å². The summed E-state index contributed by atoms with van der Waals surface area (Å²) in [4.78, 5) is 27.9. The number of hydrogen-bond acceptors (Lipinski definition) is 11. The smallest absolute Gasteiger partial charge is 0.432 e. The summed E-state index contributed by atoms with van der Waals surface area (Å²) < 4.78 is 77.9. The lowest BCUT2D eigenvalue weighted by Gasteiger charge is -2.23. The Morgan fingerprint density at radius 2 is 1.71 bits per heavy atom. The molecule has 0 unspecified atom stereocenters. The molecular formula is C25H28F3N5O8S. The molecule has 2 aromatic carbocycles. The number of nitrogens with one attached hydrogen (secondary N) is 1. The fourth-order valence-electron chi connectivity index (χ4n) is 3.37. The summed E-state index contributed by atoms with van der Waals surface area (Å²) in [7, 11) is -3.25. The summed E-state index contributed by atoms with van der Waals surface area (Å²) in [6.07, 6.45) is -6.22. The van der Waals surface area contributed by atoms with Crippen LogP contribution in [-0.2, 0) is 35.3 Å². The van der Waals surface area contributed by atoms with Crippen LogP contribution in [0.5, 0.6) is 0 Å². The Hall–Kier alpha value is -4.03. The molecule has 0 atom stereocenters.